The summed E-state index contributed by atoms with van der Waals surface area (Å²) in [4.78, 5) is 11.8. The summed E-state index contributed by atoms with van der Waals surface area (Å²) in [5.41, 5.74) is 0.0127. The Kier molecular flexibility index (Phi) is 3.72. The zero-order valence-corrected chi connectivity index (χ0v) is 10.8. The standard InChI is InChI=1S/C9H13NO4S2/c1-5(2)7-8(16(10,12)13)6(4-15-7)9(11)14-3/h4-5H,1-3H3,(H2,10,12,13). The minimum absolute atomic E-state index is 0.0127. The van der Waals surface area contributed by atoms with Crippen LogP contribution < -0.4 is 5.14 Å². The first-order valence-corrected chi connectivity index (χ1v) is 6.94. The Hall–Kier alpha value is -0.920. The van der Waals surface area contributed by atoms with Gasteiger partial charge in [-0.05, 0) is 5.92 Å². The van der Waals surface area contributed by atoms with Crippen LogP contribution in [0.4, 0.5) is 0 Å². The van der Waals surface area contributed by atoms with Gasteiger partial charge in [0.15, 0.2) is 0 Å². The second-order valence-corrected chi connectivity index (χ2v) is 5.94. The molecule has 90 valence electrons. The Morgan fingerprint density at radius 2 is 2.06 bits per heavy atom. The Morgan fingerprint density at radius 3 is 2.44 bits per heavy atom. The maximum Gasteiger partial charge on any atom is 0.340 e. The molecule has 0 aliphatic heterocycles. The number of hydrogen-bond acceptors (Lipinski definition) is 5. The first kappa shape index (κ1) is 13.1. The monoisotopic (exact) mass is 263 g/mol. The van der Waals surface area contributed by atoms with Crippen molar-refractivity contribution in [3.63, 3.8) is 0 Å². The maximum absolute atomic E-state index is 11.4. The van der Waals surface area contributed by atoms with E-state index >= 15 is 0 Å². The normalized spacial score (nSPS) is 11.8. The number of methoxy groups -OCH3 is 1. The molecule has 2 N–H and O–H groups in total. The van der Waals surface area contributed by atoms with E-state index in [1.54, 1.807) is 0 Å². The SMILES string of the molecule is COC(=O)c1csc(C(C)C)c1S(N)(=O)=O. The van der Waals surface area contributed by atoms with Crippen molar-refractivity contribution in [1.29, 1.82) is 0 Å². The lowest BCUT2D eigenvalue weighted by molar-refractivity contribution is 0.0597. The van der Waals surface area contributed by atoms with Crippen molar-refractivity contribution in [2.45, 2.75) is 24.7 Å². The van der Waals surface area contributed by atoms with Gasteiger partial charge < -0.3 is 4.74 Å². The fraction of sp³-hybridized carbons (Fsp3) is 0.444. The molecule has 0 bridgehead atoms. The molecule has 0 fully saturated rings. The van der Waals surface area contributed by atoms with Gasteiger partial charge >= 0.3 is 5.97 Å². The molecule has 7 heteroatoms. The van der Waals surface area contributed by atoms with Crippen LogP contribution in [0.1, 0.15) is 35.0 Å². The van der Waals surface area contributed by atoms with Crippen LogP contribution in [0.3, 0.4) is 0 Å². The lowest BCUT2D eigenvalue weighted by atomic mass is 10.1. The molecule has 0 spiro atoms. The molecule has 0 radical (unpaired) electrons. The second-order valence-electron chi connectivity index (χ2n) is 3.53. The molecule has 0 amide bonds. The molecule has 1 rings (SSSR count). The number of esters is 1. The molecule has 0 saturated carbocycles. The van der Waals surface area contributed by atoms with Crippen LogP contribution in [-0.4, -0.2) is 21.5 Å². The summed E-state index contributed by atoms with van der Waals surface area (Å²) in [6.07, 6.45) is 0. The highest BCUT2D eigenvalue weighted by molar-refractivity contribution is 7.89. The predicted octanol–water partition coefficient (Wildman–Crippen LogP) is 1.31. The van der Waals surface area contributed by atoms with E-state index in [1.165, 1.54) is 23.8 Å². The summed E-state index contributed by atoms with van der Waals surface area (Å²) in [6.45, 7) is 3.67. The van der Waals surface area contributed by atoms with Gasteiger partial charge in [0.2, 0.25) is 10.0 Å². The molecule has 0 atom stereocenters. The van der Waals surface area contributed by atoms with E-state index in [0.29, 0.717) is 4.88 Å². The summed E-state index contributed by atoms with van der Waals surface area (Å²) in [7, 11) is -2.71. The number of carbonyl (C=O) groups is 1. The second kappa shape index (κ2) is 4.52. The lowest BCUT2D eigenvalue weighted by Crippen LogP contribution is -2.17. The molecule has 0 aromatic carbocycles. The third-order valence-corrected chi connectivity index (χ3v) is 4.41. The zero-order valence-electron chi connectivity index (χ0n) is 9.18. The largest absolute Gasteiger partial charge is 0.465 e. The quantitative estimate of drug-likeness (QED) is 0.833. The van der Waals surface area contributed by atoms with Gasteiger partial charge in [0, 0.05) is 10.3 Å². The van der Waals surface area contributed by atoms with Crippen LogP contribution in [-0.2, 0) is 14.8 Å². The smallest absolute Gasteiger partial charge is 0.340 e. The summed E-state index contributed by atoms with van der Waals surface area (Å²) in [6, 6.07) is 0. The average molecular weight is 263 g/mol. The molecule has 0 unspecified atom stereocenters. The lowest BCUT2D eigenvalue weighted by Gasteiger charge is -2.06. The molecule has 0 aliphatic carbocycles. The number of rotatable bonds is 3. The summed E-state index contributed by atoms with van der Waals surface area (Å²) in [5, 5.41) is 6.56. The highest BCUT2D eigenvalue weighted by atomic mass is 32.2. The van der Waals surface area contributed by atoms with E-state index in [4.69, 9.17) is 5.14 Å². The van der Waals surface area contributed by atoms with Crippen molar-refractivity contribution in [2.75, 3.05) is 7.11 Å². The first-order chi connectivity index (χ1) is 7.29. The molecule has 1 aromatic heterocycles. The van der Waals surface area contributed by atoms with Crippen molar-refractivity contribution in [1.82, 2.24) is 0 Å². The Morgan fingerprint density at radius 1 is 1.50 bits per heavy atom. The summed E-state index contributed by atoms with van der Waals surface area (Å²) < 4.78 is 27.4. The predicted molar refractivity (Wildman–Crippen MR) is 61.1 cm³/mol. The summed E-state index contributed by atoms with van der Waals surface area (Å²) in [5.74, 6) is -0.705. The third kappa shape index (κ3) is 2.42. The number of primary sulfonamides is 1. The van der Waals surface area contributed by atoms with Crippen molar-refractivity contribution in [3.05, 3.63) is 15.8 Å². The maximum atomic E-state index is 11.4. The van der Waals surface area contributed by atoms with E-state index in [9.17, 15) is 13.2 Å². The number of hydrogen-bond donors (Lipinski definition) is 1. The number of carbonyl (C=O) groups excluding carboxylic acids is 1. The van der Waals surface area contributed by atoms with Gasteiger partial charge in [-0.3, -0.25) is 0 Å². The van der Waals surface area contributed by atoms with Gasteiger partial charge in [0.25, 0.3) is 0 Å². The molecule has 16 heavy (non-hydrogen) atoms. The van der Waals surface area contributed by atoms with Gasteiger partial charge in [0.1, 0.15) is 4.90 Å². The van der Waals surface area contributed by atoms with Gasteiger partial charge in [-0.1, -0.05) is 13.8 Å². The highest BCUT2D eigenvalue weighted by Gasteiger charge is 2.27. The van der Waals surface area contributed by atoms with Crippen LogP contribution >= 0.6 is 11.3 Å². The molecular weight excluding hydrogens is 250 g/mol. The van der Waals surface area contributed by atoms with Crippen LogP contribution in [0.5, 0.6) is 0 Å². The fourth-order valence-electron chi connectivity index (χ4n) is 1.30. The first-order valence-electron chi connectivity index (χ1n) is 4.51. The van der Waals surface area contributed by atoms with E-state index in [2.05, 4.69) is 4.74 Å². The van der Waals surface area contributed by atoms with Crippen molar-refractivity contribution < 1.29 is 17.9 Å². The third-order valence-electron chi connectivity index (χ3n) is 1.99. The molecule has 1 aromatic rings. The topological polar surface area (TPSA) is 86.5 Å². The minimum Gasteiger partial charge on any atom is -0.465 e. The van der Waals surface area contributed by atoms with Crippen LogP contribution in [0.15, 0.2) is 10.3 Å². The Labute approximate surface area is 98.3 Å². The average Bonchev–Trinajstić information content (AvgIpc) is 2.59. The molecule has 5 nitrogen and oxygen atoms in total. The van der Waals surface area contributed by atoms with Gasteiger partial charge in [-0.25, -0.2) is 18.4 Å². The highest BCUT2D eigenvalue weighted by Crippen LogP contribution is 2.32. The number of thiophene rings is 1. The van der Waals surface area contributed by atoms with E-state index in [0.717, 1.165) is 0 Å². The van der Waals surface area contributed by atoms with E-state index in [1.807, 2.05) is 13.8 Å². The van der Waals surface area contributed by atoms with Gasteiger partial charge in [-0.15, -0.1) is 11.3 Å². The van der Waals surface area contributed by atoms with E-state index in [-0.39, 0.29) is 16.4 Å². The molecule has 1 heterocycles. The Balaban J connectivity index is 3.49. The minimum atomic E-state index is -3.91. The van der Waals surface area contributed by atoms with Crippen LogP contribution in [0, 0.1) is 0 Å². The fourth-order valence-corrected chi connectivity index (χ4v) is 3.79. The number of nitrogens with two attached hydrogens (primary N) is 1. The number of ether oxygens (including phenoxy) is 1. The van der Waals surface area contributed by atoms with Crippen molar-refractivity contribution in [2.24, 2.45) is 5.14 Å². The molecule has 0 aliphatic rings. The summed E-state index contributed by atoms with van der Waals surface area (Å²) >= 11 is 1.19. The van der Waals surface area contributed by atoms with Crippen LogP contribution in [0.25, 0.3) is 0 Å². The Bertz CT molecular complexity index is 502. The van der Waals surface area contributed by atoms with Crippen LogP contribution in [0.2, 0.25) is 0 Å². The number of sulfonamides is 1. The van der Waals surface area contributed by atoms with Crippen molar-refractivity contribution in [3.8, 4) is 0 Å². The molecule has 0 saturated heterocycles. The van der Waals surface area contributed by atoms with Crippen molar-refractivity contribution >= 4 is 27.3 Å². The molecular formula is C9H13NO4S2. The van der Waals surface area contributed by atoms with Gasteiger partial charge in [0.05, 0.1) is 12.7 Å². The van der Waals surface area contributed by atoms with E-state index < -0.39 is 16.0 Å². The zero-order chi connectivity index (χ0) is 12.5. The van der Waals surface area contributed by atoms with Gasteiger partial charge in [-0.2, -0.15) is 0 Å².